The van der Waals surface area contributed by atoms with E-state index in [9.17, 15) is 0 Å². The van der Waals surface area contributed by atoms with Crippen LogP contribution in [0.5, 0.6) is 0 Å². The van der Waals surface area contributed by atoms with Gasteiger partial charge in [0.05, 0.1) is 5.69 Å². The van der Waals surface area contributed by atoms with E-state index in [4.69, 9.17) is 0 Å². The molecule has 0 aliphatic heterocycles. The van der Waals surface area contributed by atoms with Crippen LogP contribution in [0.3, 0.4) is 0 Å². The highest BCUT2D eigenvalue weighted by Crippen LogP contribution is 2.27. The number of H-pyrrole nitrogens is 1. The summed E-state index contributed by atoms with van der Waals surface area (Å²) in [6, 6.07) is 12.4. The number of halogens is 1. The standard InChI is InChI=1S/C11H10BrN/c1-8-7-10(12)11(13-8)9-5-3-2-4-6-9/h2-7,13H,1H3. The van der Waals surface area contributed by atoms with Crippen molar-refractivity contribution in [2.24, 2.45) is 0 Å². The summed E-state index contributed by atoms with van der Waals surface area (Å²) in [6.07, 6.45) is 0. The predicted molar refractivity (Wildman–Crippen MR) is 58.7 cm³/mol. The first-order valence-electron chi connectivity index (χ1n) is 4.18. The molecule has 1 nitrogen and oxygen atoms in total. The molecule has 1 aromatic heterocycles. The van der Waals surface area contributed by atoms with Crippen LogP contribution in [0.1, 0.15) is 5.69 Å². The SMILES string of the molecule is Cc1cc(Br)c(-c2ccccc2)[nH]1. The second-order valence-electron chi connectivity index (χ2n) is 3.04. The van der Waals surface area contributed by atoms with E-state index in [2.05, 4.69) is 46.0 Å². The maximum atomic E-state index is 3.52. The van der Waals surface area contributed by atoms with Crippen molar-refractivity contribution in [1.82, 2.24) is 4.98 Å². The Hall–Kier alpha value is -1.02. The van der Waals surface area contributed by atoms with E-state index in [1.807, 2.05) is 18.2 Å². The Morgan fingerprint density at radius 1 is 1.15 bits per heavy atom. The second kappa shape index (κ2) is 3.38. The first kappa shape index (κ1) is 8.57. The quantitative estimate of drug-likeness (QED) is 0.776. The van der Waals surface area contributed by atoms with Crippen LogP contribution in [0.2, 0.25) is 0 Å². The van der Waals surface area contributed by atoms with Gasteiger partial charge in [0.15, 0.2) is 0 Å². The largest absolute Gasteiger partial charge is 0.358 e. The van der Waals surface area contributed by atoms with Crippen LogP contribution in [0.25, 0.3) is 11.3 Å². The number of aromatic nitrogens is 1. The minimum Gasteiger partial charge on any atom is -0.358 e. The molecule has 0 bridgehead atoms. The molecule has 2 heteroatoms. The predicted octanol–water partition coefficient (Wildman–Crippen LogP) is 3.75. The Kier molecular flexibility index (Phi) is 2.23. The fraction of sp³-hybridized carbons (Fsp3) is 0.0909. The van der Waals surface area contributed by atoms with Crippen LogP contribution >= 0.6 is 15.9 Å². The van der Waals surface area contributed by atoms with Gasteiger partial charge in [-0.25, -0.2) is 0 Å². The van der Waals surface area contributed by atoms with E-state index in [-0.39, 0.29) is 0 Å². The molecule has 66 valence electrons. The van der Waals surface area contributed by atoms with Gasteiger partial charge in [-0.15, -0.1) is 0 Å². The number of nitrogens with one attached hydrogen (secondary N) is 1. The Balaban J connectivity index is 2.53. The van der Waals surface area contributed by atoms with E-state index in [1.54, 1.807) is 0 Å². The third-order valence-electron chi connectivity index (χ3n) is 1.97. The molecule has 1 aromatic carbocycles. The van der Waals surface area contributed by atoms with Crippen molar-refractivity contribution < 1.29 is 0 Å². The Labute approximate surface area is 85.9 Å². The van der Waals surface area contributed by atoms with Gasteiger partial charge in [0, 0.05) is 10.2 Å². The summed E-state index contributed by atoms with van der Waals surface area (Å²) in [7, 11) is 0. The molecule has 0 unspecified atom stereocenters. The lowest BCUT2D eigenvalue weighted by molar-refractivity contribution is 1.27. The molecule has 2 aromatic rings. The normalized spacial score (nSPS) is 10.3. The zero-order valence-corrected chi connectivity index (χ0v) is 8.93. The van der Waals surface area contributed by atoms with Gasteiger partial charge < -0.3 is 4.98 Å². The smallest absolute Gasteiger partial charge is 0.0600 e. The van der Waals surface area contributed by atoms with Gasteiger partial charge >= 0.3 is 0 Å². The van der Waals surface area contributed by atoms with Gasteiger partial charge in [0.25, 0.3) is 0 Å². The second-order valence-corrected chi connectivity index (χ2v) is 3.90. The maximum Gasteiger partial charge on any atom is 0.0600 e. The molecule has 13 heavy (non-hydrogen) atoms. The molecule has 0 saturated carbocycles. The fourth-order valence-electron chi connectivity index (χ4n) is 1.37. The lowest BCUT2D eigenvalue weighted by Crippen LogP contribution is -1.77. The molecular formula is C11H10BrN. The van der Waals surface area contributed by atoms with Crippen molar-refractivity contribution in [1.29, 1.82) is 0 Å². The molecular weight excluding hydrogens is 226 g/mol. The number of rotatable bonds is 1. The monoisotopic (exact) mass is 235 g/mol. The summed E-state index contributed by atoms with van der Waals surface area (Å²) in [5, 5.41) is 0. The van der Waals surface area contributed by atoms with Gasteiger partial charge in [-0.1, -0.05) is 30.3 Å². The molecule has 1 heterocycles. The first-order chi connectivity index (χ1) is 6.27. The van der Waals surface area contributed by atoms with E-state index >= 15 is 0 Å². The van der Waals surface area contributed by atoms with E-state index in [0.29, 0.717) is 0 Å². The minimum atomic E-state index is 1.12. The maximum absolute atomic E-state index is 3.52. The van der Waals surface area contributed by atoms with Crippen LogP contribution in [-0.2, 0) is 0 Å². The van der Waals surface area contributed by atoms with E-state index < -0.39 is 0 Å². The van der Waals surface area contributed by atoms with Crippen LogP contribution in [0.15, 0.2) is 40.9 Å². The summed E-state index contributed by atoms with van der Waals surface area (Å²) < 4.78 is 1.12. The zero-order chi connectivity index (χ0) is 9.26. The van der Waals surface area contributed by atoms with Crippen LogP contribution in [0, 0.1) is 6.92 Å². The number of aromatic amines is 1. The molecule has 0 saturated heterocycles. The molecule has 0 fully saturated rings. The molecule has 0 spiro atoms. The van der Waals surface area contributed by atoms with Gasteiger partial charge in [0.1, 0.15) is 0 Å². The molecule has 0 amide bonds. The summed E-state index contributed by atoms with van der Waals surface area (Å²) in [5.74, 6) is 0. The van der Waals surface area contributed by atoms with Gasteiger partial charge in [0.2, 0.25) is 0 Å². The van der Waals surface area contributed by atoms with Crippen molar-refractivity contribution in [2.75, 3.05) is 0 Å². The minimum absolute atomic E-state index is 1.12. The van der Waals surface area contributed by atoms with Crippen molar-refractivity contribution >= 4 is 15.9 Å². The number of aryl methyl sites for hydroxylation is 1. The molecule has 0 radical (unpaired) electrons. The van der Waals surface area contributed by atoms with E-state index in [0.717, 1.165) is 10.2 Å². The number of hydrogen-bond acceptors (Lipinski definition) is 0. The molecule has 0 aliphatic carbocycles. The summed E-state index contributed by atoms with van der Waals surface area (Å²) >= 11 is 3.52. The first-order valence-corrected chi connectivity index (χ1v) is 4.97. The summed E-state index contributed by atoms with van der Waals surface area (Å²) in [5.41, 5.74) is 3.53. The third kappa shape index (κ3) is 1.68. The van der Waals surface area contributed by atoms with Crippen LogP contribution in [0.4, 0.5) is 0 Å². The number of benzene rings is 1. The molecule has 0 aliphatic rings. The highest BCUT2D eigenvalue weighted by Gasteiger charge is 2.04. The van der Waals surface area contributed by atoms with E-state index in [1.165, 1.54) is 11.3 Å². The van der Waals surface area contributed by atoms with Gasteiger partial charge in [-0.05, 0) is 34.5 Å². The van der Waals surface area contributed by atoms with Crippen LogP contribution < -0.4 is 0 Å². The van der Waals surface area contributed by atoms with Crippen molar-refractivity contribution in [3.05, 3.63) is 46.6 Å². The lowest BCUT2D eigenvalue weighted by Gasteiger charge is -1.97. The zero-order valence-electron chi connectivity index (χ0n) is 7.34. The molecule has 2 rings (SSSR count). The highest BCUT2D eigenvalue weighted by molar-refractivity contribution is 9.10. The Morgan fingerprint density at radius 2 is 1.85 bits per heavy atom. The number of hydrogen-bond donors (Lipinski definition) is 1. The van der Waals surface area contributed by atoms with Gasteiger partial charge in [-0.3, -0.25) is 0 Å². The molecule has 1 N–H and O–H groups in total. The Bertz CT molecular complexity index is 403. The summed E-state index contributed by atoms with van der Waals surface area (Å²) in [4.78, 5) is 3.31. The highest BCUT2D eigenvalue weighted by atomic mass is 79.9. The van der Waals surface area contributed by atoms with Crippen molar-refractivity contribution in [3.63, 3.8) is 0 Å². The lowest BCUT2D eigenvalue weighted by atomic mass is 10.2. The Morgan fingerprint density at radius 3 is 2.38 bits per heavy atom. The fourth-order valence-corrected chi connectivity index (χ4v) is 2.04. The average Bonchev–Trinajstić information content (AvgIpc) is 2.47. The van der Waals surface area contributed by atoms with Crippen LogP contribution in [-0.4, -0.2) is 4.98 Å². The van der Waals surface area contributed by atoms with Crippen molar-refractivity contribution in [3.8, 4) is 11.3 Å². The van der Waals surface area contributed by atoms with Gasteiger partial charge in [-0.2, -0.15) is 0 Å². The summed E-state index contributed by atoms with van der Waals surface area (Å²) in [6.45, 7) is 2.05. The topological polar surface area (TPSA) is 15.8 Å². The third-order valence-corrected chi connectivity index (χ3v) is 2.59. The van der Waals surface area contributed by atoms with Crippen molar-refractivity contribution in [2.45, 2.75) is 6.92 Å². The average molecular weight is 236 g/mol. The molecule has 0 atom stereocenters.